The summed E-state index contributed by atoms with van der Waals surface area (Å²) in [6.45, 7) is 11.1. The van der Waals surface area contributed by atoms with Gasteiger partial charge in [-0.1, -0.05) is 30.3 Å². The molecular formula is C17H26NO2+. The number of rotatable bonds is 8. The largest absolute Gasteiger partial charge is 0.457 e. The van der Waals surface area contributed by atoms with Gasteiger partial charge in [-0.25, -0.2) is 4.79 Å². The van der Waals surface area contributed by atoms with Gasteiger partial charge in [-0.15, -0.1) is 0 Å². The Morgan fingerprint density at radius 2 is 1.70 bits per heavy atom. The van der Waals surface area contributed by atoms with Gasteiger partial charge in [-0.2, -0.15) is 0 Å². The van der Waals surface area contributed by atoms with Crippen molar-refractivity contribution in [2.75, 3.05) is 32.8 Å². The normalized spacial score (nSPS) is 11.8. The van der Waals surface area contributed by atoms with E-state index in [0.717, 1.165) is 36.2 Å². The molecule has 110 valence electrons. The van der Waals surface area contributed by atoms with Crippen molar-refractivity contribution in [2.24, 2.45) is 0 Å². The van der Waals surface area contributed by atoms with Crippen LogP contribution in [0.3, 0.4) is 0 Å². The quantitative estimate of drug-likeness (QED) is 0.414. The van der Waals surface area contributed by atoms with E-state index in [1.807, 2.05) is 30.3 Å². The maximum atomic E-state index is 11.7. The number of likely N-dealkylation sites (N-methyl/N-ethyl adjacent to an activating group) is 1. The van der Waals surface area contributed by atoms with E-state index < -0.39 is 0 Å². The molecule has 0 heterocycles. The Labute approximate surface area is 122 Å². The minimum Gasteiger partial charge on any atom is -0.457 e. The molecule has 1 aromatic rings. The fraction of sp³-hybridized carbons (Fsp3) is 0.471. The van der Waals surface area contributed by atoms with Crippen LogP contribution in [0.5, 0.6) is 0 Å². The van der Waals surface area contributed by atoms with Crippen molar-refractivity contribution in [3.05, 3.63) is 42.0 Å². The summed E-state index contributed by atoms with van der Waals surface area (Å²) in [5, 5.41) is 0. The van der Waals surface area contributed by atoms with Crippen molar-refractivity contribution >= 4 is 12.0 Å². The van der Waals surface area contributed by atoms with Crippen molar-refractivity contribution in [3.8, 4) is 0 Å². The van der Waals surface area contributed by atoms with Gasteiger partial charge in [0.1, 0.15) is 13.2 Å². The van der Waals surface area contributed by atoms with Crippen LogP contribution in [0.4, 0.5) is 0 Å². The molecule has 0 aromatic heterocycles. The Hall–Kier alpha value is -1.61. The van der Waals surface area contributed by atoms with E-state index in [1.165, 1.54) is 6.08 Å². The van der Waals surface area contributed by atoms with E-state index in [9.17, 15) is 4.79 Å². The summed E-state index contributed by atoms with van der Waals surface area (Å²) < 4.78 is 6.28. The summed E-state index contributed by atoms with van der Waals surface area (Å²) in [4.78, 5) is 11.7. The second-order valence-electron chi connectivity index (χ2n) is 4.93. The molecule has 0 unspecified atom stereocenters. The highest BCUT2D eigenvalue weighted by molar-refractivity contribution is 5.86. The third-order valence-corrected chi connectivity index (χ3v) is 4.03. The van der Waals surface area contributed by atoms with Gasteiger partial charge >= 0.3 is 5.97 Å². The number of quaternary nitrogens is 1. The predicted octanol–water partition coefficient (Wildman–Crippen LogP) is 3.12. The van der Waals surface area contributed by atoms with E-state index in [-0.39, 0.29) is 5.97 Å². The van der Waals surface area contributed by atoms with Crippen molar-refractivity contribution < 1.29 is 14.0 Å². The van der Waals surface area contributed by atoms with Gasteiger partial charge in [0.2, 0.25) is 0 Å². The van der Waals surface area contributed by atoms with Crippen LogP contribution in [0, 0.1) is 0 Å². The molecule has 0 N–H and O–H groups in total. The zero-order valence-electron chi connectivity index (χ0n) is 12.8. The molecule has 3 heteroatoms. The van der Waals surface area contributed by atoms with Gasteiger partial charge in [0.25, 0.3) is 0 Å². The number of nitrogens with zero attached hydrogens (tertiary/aromatic N) is 1. The van der Waals surface area contributed by atoms with Crippen molar-refractivity contribution in [1.29, 1.82) is 0 Å². The third kappa shape index (κ3) is 5.17. The minimum absolute atomic E-state index is 0.268. The zero-order chi connectivity index (χ0) is 14.8. The van der Waals surface area contributed by atoms with Gasteiger partial charge in [0.15, 0.2) is 0 Å². The molecule has 0 aliphatic carbocycles. The topological polar surface area (TPSA) is 26.3 Å². The Kier molecular flexibility index (Phi) is 7.02. The standard InChI is InChI=1S/C17H26NO2/c1-4-18(5-2,6-3)14-15-20-17(19)13-12-16-10-8-7-9-11-16/h7-13H,4-6,14-15H2,1-3H3/q+1. The molecule has 0 spiro atoms. The van der Waals surface area contributed by atoms with Crippen LogP contribution in [0.25, 0.3) is 6.08 Å². The van der Waals surface area contributed by atoms with Crippen molar-refractivity contribution in [3.63, 3.8) is 0 Å². The smallest absolute Gasteiger partial charge is 0.330 e. The first-order chi connectivity index (χ1) is 9.65. The molecule has 3 nitrogen and oxygen atoms in total. The summed E-state index contributed by atoms with van der Waals surface area (Å²) >= 11 is 0. The second-order valence-corrected chi connectivity index (χ2v) is 4.93. The summed E-state index contributed by atoms with van der Waals surface area (Å²) in [7, 11) is 0. The Morgan fingerprint density at radius 3 is 2.25 bits per heavy atom. The molecule has 20 heavy (non-hydrogen) atoms. The third-order valence-electron chi connectivity index (χ3n) is 4.03. The van der Waals surface area contributed by atoms with Gasteiger partial charge in [0, 0.05) is 6.08 Å². The first-order valence-corrected chi connectivity index (χ1v) is 7.40. The van der Waals surface area contributed by atoms with E-state index >= 15 is 0 Å². The van der Waals surface area contributed by atoms with Crippen LogP contribution in [0.1, 0.15) is 26.3 Å². The average Bonchev–Trinajstić information content (AvgIpc) is 2.51. The van der Waals surface area contributed by atoms with Gasteiger partial charge in [-0.3, -0.25) is 0 Å². The first-order valence-electron chi connectivity index (χ1n) is 7.40. The van der Waals surface area contributed by atoms with Crippen LogP contribution in [0.15, 0.2) is 36.4 Å². The number of carbonyl (C=O) groups excluding carboxylic acids is 1. The molecule has 1 aromatic carbocycles. The number of hydrogen-bond donors (Lipinski definition) is 0. The van der Waals surface area contributed by atoms with Gasteiger partial charge in [0.05, 0.1) is 19.6 Å². The zero-order valence-corrected chi connectivity index (χ0v) is 12.8. The number of esters is 1. The average molecular weight is 276 g/mol. The lowest BCUT2D eigenvalue weighted by molar-refractivity contribution is -0.923. The minimum atomic E-state index is -0.268. The van der Waals surface area contributed by atoms with E-state index in [1.54, 1.807) is 6.08 Å². The van der Waals surface area contributed by atoms with E-state index in [2.05, 4.69) is 20.8 Å². The van der Waals surface area contributed by atoms with Gasteiger partial charge < -0.3 is 9.22 Å². The predicted molar refractivity (Wildman–Crippen MR) is 83.2 cm³/mol. The summed E-state index contributed by atoms with van der Waals surface area (Å²) in [6, 6.07) is 9.75. The lowest BCUT2D eigenvalue weighted by Gasteiger charge is -2.35. The highest BCUT2D eigenvalue weighted by Crippen LogP contribution is 2.05. The Balaban J connectivity index is 2.39. The maximum Gasteiger partial charge on any atom is 0.330 e. The highest BCUT2D eigenvalue weighted by atomic mass is 16.5. The molecule has 0 fully saturated rings. The lowest BCUT2D eigenvalue weighted by atomic mass is 10.2. The Morgan fingerprint density at radius 1 is 1.10 bits per heavy atom. The van der Waals surface area contributed by atoms with Crippen LogP contribution >= 0.6 is 0 Å². The van der Waals surface area contributed by atoms with E-state index in [4.69, 9.17) is 4.74 Å². The summed E-state index contributed by atoms with van der Waals surface area (Å²) in [5.74, 6) is -0.268. The van der Waals surface area contributed by atoms with Gasteiger partial charge in [-0.05, 0) is 32.4 Å². The number of hydrogen-bond acceptors (Lipinski definition) is 2. The van der Waals surface area contributed by atoms with Crippen molar-refractivity contribution in [2.45, 2.75) is 20.8 Å². The molecule has 0 saturated carbocycles. The molecular weight excluding hydrogens is 250 g/mol. The molecule has 0 bridgehead atoms. The molecule has 0 aliphatic heterocycles. The second kappa shape index (κ2) is 8.54. The molecule has 0 atom stereocenters. The highest BCUT2D eigenvalue weighted by Gasteiger charge is 2.20. The lowest BCUT2D eigenvalue weighted by Crippen LogP contribution is -2.49. The molecule has 0 radical (unpaired) electrons. The molecule has 0 aliphatic rings. The maximum absolute atomic E-state index is 11.7. The molecule has 0 saturated heterocycles. The van der Waals surface area contributed by atoms with Crippen LogP contribution in [0.2, 0.25) is 0 Å². The van der Waals surface area contributed by atoms with E-state index in [0.29, 0.717) is 6.61 Å². The summed E-state index contributed by atoms with van der Waals surface area (Å²) in [5.41, 5.74) is 1.00. The molecule has 0 amide bonds. The van der Waals surface area contributed by atoms with Crippen LogP contribution < -0.4 is 0 Å². The number of benzene rings is 1. The van der Waals surface area contributed by atoms with Crippen molar-refractivity contribution in [1.82, 2.24) is 0 Å². The first kappa shape index (κ1) is 16.4. The van der Waals surface area contributed by atoms with Crippen LogP contribution in [-0.2, 0) is 9.53 Å². The summed E-state index contributed by atoms with van der Waals surface area (Å²) in [6.07, 6.45) is 3.28. The number of ether oxygens (including phenoxy) is 1. The number of carbonyl (C=O) groups is 1. The Bertz CT molecular complexity index is 414. The SMILES string of the molecule is CC[N+](CC)(CC)CCOC(=O)C=Cc1ccccc1. The van der Waals surface area contributed by atoms with Crippen LogP contribution in [-0.4, -0.2) is 43.2 Å². The monoisotopic (exact) mass is 276 g/mol. The molecule has 1 rings (SSSR count). The fourth-order valence-electron chi connectivity index (χ4n) is 2.26. The fourth-order valence-corrected chi connectivity index (χ4v) is 2.26.